The number of nitrogens with zero attached hydrogens (tertiary/aromatic N) is 2. The average molecular weight is 331 g/mol. The van der Waals surface area contributed by atoms with E-state index in [0.29, 0.717) is 0 Å². The van der Waals surface area contributed by atoms with Crippen molar-refractivity contribution in [3.8, 4) is 5.75 Å². The van der Waals surface area contributed by atoms with Crippen LogP contribution >= 0.6 is 0 Å². The summed E-state index contributed by atoms with van der Waals surface area (Å²) in [5.41, 5.74) is 2.45. The number of ether oxygens (including phenoxy) is 1. The predicted octanol–water partition coefficient (Wildman–Crippen LogP) is 2.79. The van der Waals surface area contributed by atoms with Crippen LogP contribution in [-0.2, 0) is 13.6 Å². The lowest BCUT2D eigenvalue weighted by Gasteiger charge is -2.09. The molecule has 0 bridgehead atoms. The number of para-hydroxylation sites is 1. The minimum Gasteiger partial charge on any atom is -0.491 e. The molecule has 1 amide bonds. The smallest absolute Gasteiger partial charge is 0.251 e. The predicted molar refractivity (Wildman–Crippen MR) is 84.8 cm³/mol. The molecule has 2 aromatic carbocycles. The zero-order valence-corrected chi connectivity index (χ0v) is 13.1. The molecule has 3 rings (SSSR count). The van der Waals surface area contributed by atoms with Crippen LogP contribution in [0.3, 0.4) is 0 Å². The second-order valence-corrected chi connectivity index (χ2v) is 5.30. The van der Waals surface area contributed by atoms with Gasteiger partial charge in [-0.2, -0.15) is 0 Å². The molecular formula is C17H15F2N3O2. The molecule has 0 saturated heterocycles. The SMILES string of the molecule is COc1c(F)cc(C(=O)NCc2cccc3ncn(C)c23)cc1F. The van der Waals surface area contributed by atoms with E-state index < -0.39 is 23.3 Å². The number of imidazole rings is 1. The molecule has 7 heteroatoms. The first-order valence-electron chi connectivity index (χ1n) is 7.21. The van der Waals surface area contributed by atoms with E-state index in [-0.39, 0.29) is 12.1 Å². The van der Waals surface area contributed by atoms with Crippen molar-refractivity contribution in [3.63, 3.8) is 0 Å². The van der Waals surface area contributed by atoms with Crippen molar-refractivity contribution in [2.75, 3.05) is 7.11 Å². The number of fused-ring (bicyclic) bond motifs is 1. The van der Waals surface area contributed by atoms with Crippen molar-refractivity contribution in [3.05, 3.63) is 59.4 Å². The van der Waals surface area contributed by atoms with E-state index in [1.54, 1.807) is 6.33 Å². The molecule has 0 fully saturated rings. The third kappa shape index (κ3) is 2.80. The third-order valence-electron chi connectivity index (χ3n) is 3.73. The topological polar surface area (TPSA) is 56.1 Å². The van der Waals surface area contributed by atoms with Crippen molar-refractivity contribution in [1.29, 1.82) is 0 Å². The number of aromatic nitrogens is 2. The summed E-state index contributed by atoms with van der Waals surface area (Å²) in [7, 11) is 3.02. The summed E-state index contributed by atoms with van der Waals surface area (Å²) in [5, 5.41) is 2.66. The number of amides is 1. The van der Waals surface area contributed by atoms with Crippen LogP contribution in [0.5, 0.6) is 5.75 Å². The number of methoxy groups -OCH3 is 1. The molecule has 0 unspecified atom stereocenters. The van der Waals surface area contributed by atoms with Gasteiger partial charge in [0.2, 0.25) is 0 Å². The lowest BCUT2D eigenvalue weighted by Crippen LogP contribution is -2.23. The lowest BCUT2D eigenvalue weighted by atomic mass is 10.1. The third-order valence-corrected chi connectivity index (χ3v) is 3.73. The van der Waals surface area contributed by atoms with Crippen LogP contribution in [0, 0.1) is 11.6 Å². The number of hydrogen-bond acceptors (Lipinski definition) is 3. The van der Waals surface area contributed by atoms with E-state index in [4.69, 9.17) is 0 Å². The van der Waals surface area contributed by atoms with Crippen LogP contribution in [0.25, 0.3) is 11.0 Å². The molecule has 3 aromatic rings. The first-order chi connectivity index (χ1) is 11.5. The molecule has 24 heavy (non-hydrogen) atoms. The van der Waals surface area contributed by atoms with Gasteiger partial charge in [0.15, 0.2) is 17.4 Å². The Bertz CT molecular complexity index is 898. The number of hydrogen-bond donors (Lipinski definition) is 1. The van der Waals surface area contributed by atoms with Crippen LogP contribution in [0.4, 0.5) is 8.78 Å². The van der Waals surface area contributed by atoms with Crippen LogP contribution in [0.2, 0.25) is 0 Å². The maximum Gasteiger partial charge on any atom is 0.251 e. The Morgan fingerprint density at radius 1 is 1.29 bits per heavy atom. The van der Waals surface area contributed by atoms with Crippen LogP contribution in [-0.4, -0.2) is 22.6 Å². The minimum atomic E-state index is -0.920. The van der Waals surface area contributed by atoms with Gasteiger partial charge in [0.25, 0.3) is 5.91 Å². The summed E-state index contributed by atoms with van der Waals surface area (Å²) >= 11 is 0. The Balaban J connectivity index is 1.82. The summed E-state index contributed by atoms with van der Waals surface area (Å²) in [6.07, 6.45) is 1.68. The van der Waals surface area contributed by atoms with E-state index >= 15 is 0 Å². The van der Waals surface area contributed by atoms with Gasteiger partial charge < -0.3 is 14.6 Å². The van der Waals surface area contributed by atoms with Gasteiger partial charge in [-0.05, 0) is 23.8 Å². The van der Waals surface area contributed by atoms with Crippen molar-refractivity contribution >= 4 is 16.9 Å². The Morgan fingerprint density at radius 3 is 2.67 bits per heavy atom. The number of halogens is 2. The summed E-state index contributed by atoms with van der Waals surface area (Å²) in [6.45, 7) is 0.213. The Hall–Kier alpha value is -2.96. The number of rotatable bonds is 4. The molecule has 0 aliphatic carbocycles. The summed E-state index contributed by atoms with van der Waals surface area (Å²) in [4.78, 5) is 16.4. The second-order valence-electron chi connectivity index (χ2n) is 5.30. The highest BCUT2D eigenvalue weighted by atomic mass is 19.1. The van der Waals surface area contributed by atoms with Gasteiger partial charge in [-0.15, -0.1) is 0 Å². The van der Waals surface area contributed by atoms with Gasteiger partial charge in [0.05, 0.1) is 24.5 Å². The average Bonchev–Trinajstić information content (AvgIpc) is 2.94. The Kier molecular flexibility index (Phi) is 4.16. The molecular weight excluding hydrogens is 316 g/mol. The fraction of sp³-hybridized carbons (Fsp3) is 0.176. The largest absolute Gasteiger partial charge is 0.491 e. The van der Waals surface area contributed by atoms with Crippen LogP contribution in [0.15, 0.2) is 36.7 Å². The number of carbonyl (C=O) groups is 1. The quantitative estimate of drug-likeness (QED) is 0.800. The summed E-state index contributed by atoms with van der Waals surface area (Å²) in [5.74, 6) is -2.92. The summed E-state index contributed by atoms with van der Waals surface area (Å²) < 4.78 is 33.8. The van der Waals surface area contributed by atoms with Crippen LogP contribution in [0.1, 0.15) is 15.9 Å². The lowest BCUT2D eigenvalue weighted by molar-refractivity contribution is 0.0950. The van der Waals surface area contributed by atoms with Crippen molar-refractivity contribution in [1.82, 2.24) is 14.9 Å². The zero-order chi connectivity index (χ0) is 17.3. The second kappa shape index (κ2) is 6.27. The first-order valence-corrected chi connectivity index (χ1v) is 7.21. The van der Waals surface area contributed by atoms with Gasteiger partial charge >= 0.3 is 0 Å². The maximum atomic E-state index is 13.7. The van der Waals surface area contributed by atoms with Crippen molar-refractivity contribution in [2.45, 2.75) is 6.54 Å². The molecule has 1 heterocycles. The highest BCUT2D eigenvalue weighted by Gasteiger charge is 2.16. The Morgan fingerprint density at radius 2 is 2.00 bits per heavy atom. The Labute approximate surface area is 136 Å². The molecule has 1 aromatic heterocycles. The van der Waals surface area contributed by atoms with Gasteiger partial charge in [-0.25, -0.2) is 13.8 Å². The van der Waals surface area contributed by atoms with Gasteiger partial charge in [-0.1, -0.05) is 12.1 Å². The molecule has 0 aliphatic rings. The van der Waals surface area contributed by atoms with E-state index in [1.807, 2.05) is 29.8 Å². The molecule has 0 atom stereocenters. The molecule has 0 radical (unpaired) electrons. The number of nitrogens with one attached hydrogen (secondary N) is 1. The standard InChI is InChI=1S/C17H15F2N3O2/c1-22-9-21-14-5-3-4-10(15(14)22)8-20-17(23)11-6-12(18)16(24-2)13(19)7-11/h3-7,9H,8H2,1-2H3,(H,20,23). The fourth-order valence-corrected chi connectivity index (χ4v) is 2.60. The van der Waals surface area contributed by atoms with E-state index in [2.05, 4.69) is 15.0 Å². The maximum absolute atomic E-state index is 13.7. The molecule has 0 saturated carbocycles. The molecule has 5 nitrogen and oxygen atoms in total. The normalized spacial score (nSPS) is 10.8. The van der Waals surface area contributed by atoms with Crippen molar-refractivity contribution < 1.29 is 18.3 Å². The molecule has 0 aliphatic heterocycles. The molecule has 0 spiro atoms. The molecule has 1 N–H and O–H groups in total. The molecule has 124 valence electrons. The van der Waals surface area contributed by atoms with Gasteiger partial charge in [0, 0.05) is 19.2 Å². The zero-order valence-electron chi connectivity index (χ0n) is 13.1. The minimum absolute atomic E-state index is 0.108. The van der Waals surface area contributed by atoms with Crippen LogP contribution < -0.4 is 10.1 Å². The number of aryl methyl sites for hydroxylation is 1. The van der Waals surface area contributed by atoms with Crippen molar-refractivity contribution in [2.24, 2.45) is 7.05 Å². The van der Waals surface area contributed by atoms with Gasteiger partial charge in [0.1, 0.15) is 0 Å². The summed E-state index contributed by atoms with van der Waals surface area (Å²) in [6, 6.07) is 7.46. The monoisotopic (exact) mass is 331 g/mol. The number of benzene rings is 2. The first kappa shape index (κ1) is 15.9. The fourth-order valence-electron chi connectivity index (χ4n) is 2.60. The number of carbonyl (C=O) groups excluding carboxylic acids is 1. The van der Waals surface area contributed by atoms with E-state index in [9.17, 15) is 13.6 Å². The highest BCUT2D eigenvalue weighted by molar-refractivity contribution is 5.94. The van der Waals surface area contributed by atoms with E-state index in [1.165, 1.54) is 0 Å². The van der Waals surface area contributed by atoms with Gasteiger partial charge in [-0.3, -0.25) is 4.79 Å². The highest BCUT2D eigenvalue weighted by Crippen LogP contribution is 2.23. The van der Waals surface area contributed by atoms with E-state index in [0.717, 1.165) is 35.8 Å².